The number of Topliss-reactive ketones (excluding diaryl/α,β-unsaturated/α-hetero) is 1. The van der Waals surface area contributed by atoms with Crippen LogP contribution in [0.3, 0.4) is 0 Å². The highest BCUT2D eigenvalue weighted by Crippen LogP contribution is 2.22. The summed E-state index contributed by atoms with van der Waals surface area (Å²) < 4.78 is 27.0. The SMILES string of the molecule is CCCCC(=O)Cc1c(F)ccc(Br)c1F. The van der Waals surface area contributed by atoms with Crippen molar-refractivity contribution in [1.82, 2.24) is 0 Å². The molecule has 0 saturated heterocycles. The van der Waals surface area contributed by atoms with E-state index in [0.29, 0.717) is 6.42 Å². The summed E-state index contributed by atoms with van der Waals surface area (Å²) in [5.74, 6) is -1.46. The third kappa shape index (κ3) is 3.37. The van der Waals surface area contributed by atoms with Gasteiger partial charge in [0.05, 0.1) is 4.47 Å². The van der Waals surface area contributed by atoms with Gasteiger partial charge in [0.2, 0.25) is 0 Å². The Kier molecular flexibility index (Phi) is 5.06. The van der Waals surface area contributed by atoms with Gasteiger partial charge in [0.1, 0.15) is 17.4 Å². The van der Waals surface area contributed by atoms with Crippen LogP contribution >= 0.6 is 15.9 Å². The molecule has 0 aliphatic heterocycles. The molecule has 0 aliphatic rings. The molecule has 0 fully saturated rings. The summed E-state index contributed by atoms with van der Waals surface area (Å²) in [6.07, 6.45) is 1.87. The van der Waals surface area contributed by atoms with Crippen LogP contribution < -0.4 is 0 Å². The number of carbonyl (C=O) groups is 1. The molecule has 1 rings (SSSR count). The standard InChI is InChI=1S/C12H13BrF2O/c1-2-3-4-8(16)7-9-11(14)6-5-10(13)12(9)15/h5-6H,2-4,7H2,1H3. The number of hydrogen-bond acceptors (Lipinski definition) is 1. The topological polar surface area (TPSA) is 17.1 Å². The van der Waals surface area contributed by atoms with E-state index in [1.54, 1.807) is 0 Å². The van der Waals surface area contributed by atoms with Crippen LogP contribution in [0.4, 0.5) is 8.78 Å². The van der Waals surface area contributed by atoms with Gasteiger partial charge < -0.3 is 0 Å². The lowest BCUT2D eigenvalue weighted by atomic mass is 10.0. The van der Waals surface area contributed by atoms with Gasteiger partial charge in [-0.1, -0.05) is 13.3 Å². The first-order chi connectivity index (χ1) is 7.56. The maximum atomic E-state index is 13.5. The largest absolute Gasteiger partial charge is 0.299 e. The molecule has 0 N–H and O–H groups in total. The van der Waals surface area contributed by atoms with E-state index < -0.39 is 11.6 Å². The molecular weight excluding hydrogens is 278 g/mol. The highest BCUT2D eigenvalue weighted by Gasteiger charge is 2.15. The summed E-state index contributed by atoms with van der Waals surface area (Å²) in [7, 11) is 0. The summed E-state index contributed by atoms with van der Waals surface area (Å²) in [5, 5.41) is 0. The zero-order valence-corrected chi connectivity index (χ0v) is 10.6. The highest BCUT2D eigenvalue weighted by atomic mass is 79.9. The van der Waals surface area contributed by atoms with Crippen molar-refractivity contribution in [3.63, 3.8) is 0 Å². The summed E-state index contributed by atoms with van der Waals surface area (Å²) >= 11 is 2.97. The predicted molar refractivity (Wildman–Crippen MR) is 62.3 cm³/mol. The monoisotopic (exact) mass is 290 g/mol. The van der Waals surface area contributed by atoms with Crippen molar-refractivity contribution in [1.29, 1.82) is 0 Å². The van der Waals surface area contributed by atoms with E-state index in [-0.39, 0.29) is 22.2 Å². The van der Waals surface area contributed by atoms with Crippen molar-refractivity contribution in [3.8, 4) is 0 Å². The second-order valence-electron chi connectivity index (χ2n) is 3.64. The van der Waals surface area contributed by atoms with E-state index in [0.717, 1.165) is 18.9 Å². The van der Waals surface area contributed by atoms with E-state index in [4.69, 9.17) is 0 Å². The minimum Gasteiger partial charge on any atom is -0.299 e. The lowest BCUT2D eigenvalue weighted by Gasteiger charge is -2.05. The average Bonchev–Trinajstić information content (AvgIpc) is 2.27. The Morgan fingerprint density at radius 1 is 1.38 bits per heavy atom. The molecule has 0 spiro atoms. The molecule has 0 aromatic heterocycles. The Hall–Kier alpha value is -0.770. The quantitative estimate of drug-likeness (QED) is 0.749. The van der Waals surface area contributed by atoms with Gasteiger partial charge in [-0.05, 0) is 34.5 Å². The zero-order chi connectivity index (χ0) is 12.1. The summed E-state index contributed by atoms with van der Waals surface area (Å²) in [6, 6.07) is 2.46. The first-order valence-electron chi connectivity index (χ1n) is 5.20. The third-order valence-electron chi connectivity index (χ3n) is 2.32. The lowest BCUT2D eigenvalue weighted by Crippen LogP contribution is -2.07. The summed E-state index contributed by atoms with van der Waals surface area (Å²) in [5.41, 5.74) is -0.143. The van der Waals surface area contributed by atoms with E-state index in [1.165, 1.54) is 6.07 Å². The van der Waals surface area contributed by atoms with Crippen LogP contribution in [0.15, 0.2) is 16.6 Å². The van der Waals surface area contributed by atoms with Gasteiger partial charge >= 0.3 is 0 Å². The molecule has 1 aromatic rings. The number of halogens is 3. The van der Waals surface area contributed by atoms with Gasteiger partial charge in [0.15, 0.2) is 0 Å². The molecule has 1 aromatic carbocycles. The lowest BCUT2D eigenvalue weighted by molar-refractivity contribution is -0.118. The highest BCUT2D eigenvalue weighted by molar-refractivity contribution is 9.10. The number of unbranched alkanes of at least 4 members (excludes halogenated alkanes) is 1. The smallest absolute Gasteiger partial charge is 0.143 e. The fraction of sp³-hybridized carbons (Fsp3) is 0.417. The van der Waals surface area contributed by atoms with Crippen molar-refractivity contribution in [2.75, 3.05) is 0 Å². The number of benzene rings is 1. The second-order valence-corrected chi connectivity index (χ2v) is 4.50. The fourth-order valence-electron chi connectivity index (χ4n) is 1.39. The van der Waals surface area contributed by atoms with E-state index in [2.05, 4.69) is 15.9 Å². The van der Waals surface area contributed by atoms with Crippen molar-refractivity contribution in [2.24, 2.45) is 0 Å². The second kappa shape index (κ2) is 6.09. The first kappa shape index (κ1) is 13.3. The minimum absolute atomic E-state index is 0.127. The van der Waals surface area contributed by atoms with Crippen molar-refractivity contribution in [3.05, 3.63) is 33.8 Å². The van der Waals surface area contributed by atoms with Crippen LogP contribution in [-0.2, 0) is 11.2 Å². The third-order valence-corrected chi connectivity index (χ3v) is 2.93. The van der Waals surface area contributed by atoms with Crippen molar-refractivity contribution in [2.45, 2.75) is 32.6 Å². The summed E-state index contributed by atoms with van der Waals surface area (Å²) in [6.45, 7) is 1.97. The molecule has 4 heteroatoms. The number of ketones is 1. The normalized spacial score (nSPS) is 10.5. The number of carbonyl (C=O) groups excluding carboxylic acids is 1. The van der Waals surface area contributed by atoms with Crippen LogP contribution in [-0.4, -0.2) is 5.78 Å². The molecule has 0 bridgehead atoms. The molecule has 0 unspecified atom stereocenters. The number of rotatable bonds is 5. The Balaban J connectivity index is 2.80. The molecule has 0 saturated carbocycles. The van der Waals surface area contributed by atoms with Crippen LogP contribution in [0.2, 0.25) is 0 Å². The van der Waals surface area contributed by atoms with E-state index in [9.17, 15) is 13.6 Å². The van der Waals surface area contributed by atoms with Crippen LogP contribution in [0, 0.1) is 11.6 Å². The predicted octanol–water partition coefficient (Wildman–Crippen LogP) is 4.03. The van der Waals surface area contributed by atoms with Crippen LogP contribution in [0.1, 0.15) is 31.7 Å². The molecule has 0 radical (unpaired) electrons. The van der Waals surface area contributed by atoms with Crippen LogP contribution in [0.5, 0.6) is 0 Å². The van der Waals surface area contributed by atoms with Gasteiger partial charge in [-0.25, -0.2) is 8.78 Å². The van der Waals surface area contributed by atoms with E-state index >= 15 is 0 Å². The minimum atomic E-state index is -0.676. The van der Waals surface area contributed by atoms with Gasteiger partial charge in [0, 0.05) is 18.4 Å². The maximum absolute atomic E-state index is 13.5. The molecular formula is C12H13BrF2O. The maximum Gasteiger partial charge on any atom is 0.143 e. The first-order valence-corrected chi connectivity index (χ1v) is 5.99. The Labute approximate surface area is 102 Å². The van der Waals surface area contributed by atoms with Gasteiger partial charge in [-0.2, -0.15) is 0 Å². The Morgan fingerprint density at radius 3 is 2.69 bits per heavy atom. The molecule has 16 heavy (non-hydrogen) atoms. The molecule has 1 nitrogen and oxygen atoms in total. The van der Waals surface area contributed by atoms with Gasteiger partial charge in [-0.15, -0.1) is 0 Å². The summed E-state index contributed by atoms with van der Waals surface area (Å²) in [4.78, 5) is 11.4. The van der Waals surface area contributed by atoms with Gasteiger partial charge in [0.25, 0.3) is 0 Å². The van der Waals surface area contributed by atoms with Crippen molar-refractivity contribution >= 4 is 21.7 Å². The van der Waals surface area contributed by atoms with Crippen LogP contribution in [0.25, 0.3) is 0 Å². The molecule has 88 valence electrons. The fourth-order valence-corrected chi connectivity index (χ4v) is 1.76. The average molecular weight is 291 g/mol. The van der Waals surface area contributed by atoms with E-state index in [1.807, 2.05) is 6.92 Å². The molecule has 0 atom stereocenters. The molecule has 0 heterocycles. The molecule has 0 aliphatic carbocycles. The Bertz CT molecular complexity index is 391. The molecule has 0 amide bonds. The zero-order valence-electron chi connectivity index (χ0n) is 9.03. The van der Waals surface area contributed by atoms with Crippen molar-refractivity contribution < 1.29 is 13.6 Å². The van der Waals surface area contributed by atoms with Gasteiger partial charge in [-0.3, -0.25) is 4.79 Å². The Morgan fingerprint density at radius 2 is 2.06 bits per heavy atom. The number of hydrogen-bond donors (Lipinski definition) is 0.